The molecule has 0 aliphatic carbocycles. The van der Waals surface area contributed by atoms with Crippen LogP contribution in [0.15, 0.2) is 18.2 Å². The summed E-state index contributed by atoms with van der Waals surface area (Å²) in [6.07, 6.45) is -0.265. The molecule has 1 amide bonds. The Hall–Kier alpha value is -1.59. The molecule has 0 saturated heterocycles. The molecule has 1 atom stereocenters. The van der Waals surface area contributed by atoms with Gasteiger partial charge in [-0.25, -0.2) is 0 Å². The summed E-state index contributed by atoms with van der Waals surface area (Å²) in [6.45, 7) is 3.02. The minimum Gasteiger partial charge on any atom is -0.490 e. The van der Waals surface area contributed by atoms with Crippen LogP contribution in [0.4, 0.5) is 5.69 Å². The van der Waals surface area contributed by atoms with E-state index in [4.69, 9.17) is 10.5 Å². The number of aliphatic hydroxyl groups excluding tert-OH is 1. The predicted molar refractivity (Wildman–Crippen MR) is 68.6 cm³/mol. The summed E-state index contributed by atoms with van der Waals surface area (Å²) >= 11 is 0. The number of nitrogens with two attached hydrogens (primary N) is 1. The van der Waals surface area contributed by atoms with Crippen LogP contribution in [0.2, 0.25) is 0 Å². The predicted octanol–water partition coefficient (Wildman–Crippen LogP) is 0.814. The first-order valence-electron chi connectivity index (χ1n) is 6.12. The average molecular weight is 250 g/mol. The Balaban J connectivity index is 2.38. The Labute approximate surface area is 106 Å². The van der Waals surface area contributed by atoms with Gasteiger partial charge in [-0.15, -0.1) is 0 Å². The van der Waals surface area contributed by atoms with Crippen molar-refractivity contribution >= 4 is 11.6 Å². The first-order valence-corrected chi connectivity index (χ1v) is 6.12. The largest absolute Gasteiger partial charge is 0.490 e. The van der Waals surface area contributed by atoms with E-state index in [1.807, 2.05) is 6.92 Å². The van der Waals surface area contributed by atoms with E-state index in [9.17, 15) is 9.90 Å². The highest BCUT2D eigenvalue weighted by molar-refractivity contribution is 5.95. The Morgan fingerprint density at radius 1 is 1.61 bits per heavy atom. The molecule has 5 nitrogen and oxygen atoms in total. The maximum Gasteiger partial charge on any atom is 0.226 e. The molecule has 3 N–H and O–H groups in total. The summed E-state index contributed by atoms with van der Waals surface area (Å²) in [5.74, 6) is 0.731. The number of hydrogen-bond donors (Lipinski definition) is 2. The van der Waals surface area contributed by atoms with Gasteiger partial charge in [-0.05, 0) is 17.7 Å². The maximum absolute atomic E-state index is 11.9. The Bertz CT molecular complexity index is 448. The molecule has 0 radical (unpaired) electrons. The molecule has 0 fully saturated rings. The van der Waals surface area contributed by atoms with Crippen LogP contribution in [0.3, 0.4) is 0 Å². The number of hydrogen-bond acceptors (Lipinski definition) is 4. The molecule has 1 aromatic carbocycles. The molecule has 0 saturated carbocycles. The van der Waals surface area contributed by atoms with Gasteiger partial charge in [0.15, 0.2) is 0 Å². The van der Waals surface area contributed by atoms with Crippen LogP contribution in [0.5, 0.6) is 5.75 Å². The van der Waals surface area contributed by atoms with Crippen molar-refractivity contribution in [1.29, 1.82) is 0 Å². The molecule has 1 heterocycles. The first-order chi connectivity index (χ1) is 8.67. The lowest BCUT2D eigenvalue weighted by atomic mass is 10.1. The van der Waals surface area contributed by atoms with Crippen LogP contribution in [0.25, 0.3) is 0 Å². The van der Waals surface area contributed by atoms with E-state index in [1.165, 1.54) is 0 Å². The summed E-state index contributed by atoms with van der Waals surface area (Å²) in [6, 6.07) is 5.33. The normalized spacial score (nSPS) is 15.8. The van der Waals surface area contributed by atoms with E-state index in [1.54, 1.807) is 23.1 Å². The lowest BCUT2D eigenvalue weighted by Gasteiger charge is -2.30. The van der Waals surface area contributed by atoms with Crippen LogP contribution in [0, 0.1) is 0 Å². The van der Waals surface area contributed by atoms with Gasteiger partial charge in [0.05, 0.1) is 18.3 Å². The van der Waals surface area contributed by atoms with Crippen molar-refractivity contribution in [3.63, 3.8) is 0 Å². The third kappa shape index (κ3) is 2.32. The van der Waals surface area contributed by atoms with Crippen molar-refractivity contribution in [2.45, 2.75) is 19.4 Å². The van der Waals surface area contributed by atoms with E-state index in [2.05, 4.69) is 0 Å². The van der Waals surface area contributed by atoms with Crippen molar-refractivity contribution in [2.24, 2.45) is 5.73 Å². The molecule has 1 aromatic rings. The lowest BCUT2D eigenvalue weighted by Crippen LogP contribution is -2.37. The van der Waals surface area contributed by atoms with Gasteiger partial charge in [0.1, 0.15) is 12.4 Å². The number of ether oxygens (including phenoxy) is 1. The molecule has 1 aliphatic heterocycles. The number of carbonyl (C=O) groups excluding carboxylic acids is 1. The monoisotopic (exact) mass is 250 g/mol. The standard InChI is InChI=1S/C13H18N2O3/c1-2-13(17)15-5-6-18-12-4-3-9(7-10(12)15)11(16)8-14/h3-4,7,11,16H,2,5-6,8,14H2,1H3. The Morgan fingerprint density at radius 2 is 2.39 bits per heavy atom. The maximum atomic E-state index is 11.9. The zero-order valence-electron chi connectivity index (χ0n) is 10.4. The minimum atomic E-state index is -0.712. The molecule has 5 heteroatoms. The van der Waals surface area contributed by atoms with Gasteiger partial charge in [-0.1, -0.05) is 13.0 Å². The second-order valence-corrected chi connectivity index (χ2v) is 4.23. The second kappa shape index (κ2) is 5.37. The molecular formula is C13H18N2O3. The fourth-order valence-electron chi connectivity index (χ4n) is 2.03. The zero-order chi connectivity index (χ0) is 13.1. The fourth-order valence-corrected chi connectivity index (χ4v) is 2.03. The van der Waals surface area contributed by atoms with E-state index < -0.39 is 6.10 Å². The van der Waals surface area contributed by atoms with Crippen LogP contribution in [0.1, 0.15) is 25.0 Å². The van der Waals surface area contributed by atoms with Gasteiger partial charge >= 0.3 is 0 Å². The van der Waals surface area contributed by atoms with Gasteiger partial charge in [0, 0.05) is 13.0 Å². The van der Waals surface area contributed by atoms with Crippen LogP contribution >= 0.6 is 0 Å². The molecule has 1 unspecified atom stereocenters. The van der Waals surface area contributed by atoms with E-state index in [0.29, 0.717) is 30.9 Å². The highest BCUT2D eigenvalue weighted by Crippen LogP contribution is 2.34. The molecule has 0 bridgehead atoms. The van der Waals surface area contributed by atoms with Crippen molar-refractivity contribution in [2.75, 3.05) is 24.6 Å². The van der Waals surface area contributed by atoms with Gasteiger partial charge in [0.2, 0.25) is 5.91 Å². The van der Waals surface area contributed by atoms with Crippen LogP contribution < -0.4 is 15.4 Å². The topological polar surface area (TPSA) is 75.8 Å². The first kappa shape index (κ1) is 12.9. The van der Waals surface area contributed by atoms with Crippen molar-refractivity contribution in [3.8, 4) is 5.75 Å². The average Bonchev–Trinajstić information content (AvgIpc) is 2.44. The van der Waals surface area contributed by atoms with E-state index >= 15 is 0 Å². The Morgan fingerprint density at radius 3 is 3.06 bits per heavy atom. The van der Waals surface area contributed by atoms with Gasteiger partial charge in [-0.3, -0.25) is 4.79 Å². The van der Waals surface area contributed by atoms with Crippen molar-refractivity contribution < 1.29 is 14.6 Å². The molecule has 1 aliphatic rings. The zero-order valence-corrected chi connectivity index (χ0v) is 10.4. The quantitative estimate of drug-likeness (QED) is 0.832. The Kier molecular flexibility index (Phi) is 3.84. The third-order valence-corrected chi connectivity index (χ3v) is 3.06. The fraction of sp³-hybridized carbons (Fsp3) is 0.462. The molecule has 98 valence electrons. The van der Waals surface area contributed by atoms with Gasteiger partial charge in [0.25, 0.3) is 0 Å². The number of anilines is 1. The number of benzene rings is 1. The van der Waals surface area contributed by atoms with Crippen LogP contribution in [-0.2, 0) is 4.79 Å². The summed E-state index contributed by atoms with van der Waals surface area (Å²) in [4.78, 5) is 13.6. The van der Waals surface area contributed by atoms with E-state index in [-0.39, 0.29) is 12.5 Å². The summed E-state index contributed by atoms with van der Waals surface area (Å²) in [5, 5.41) is 9.74. The number of aliphatic hydroxyl groups is 1. The van der Waals surface area contributed by atoms with Crippen molar-refractivity contribution in [1.82, 2.24) is 0 Å². The number of carbonyl (C=O) groups is 1. The summed E-state index contributed by atoms with van der Waals surface area (Å²) < 4.78 is 5.51. The summed E-state index contributed by atoms with van der Waals surface area (Å²) in [5.41, 5.74) is 6.86. The minimum absolute atomic E-state index is 0.0546. The lowest BCUT2D eigenvalue weighted by molar-refractivity contribution is -0.118. The molecule has 0 spiro atoms. The summed E-state index contributed by atoms with van der Waals surface area (Å²) in [7, 11) is 0. The molecule has 18 heavy (non-hydrogen) atoms. The highest BCUT2D eigenvalue weighted by atomic mass is 16.5. The van der Waals surface area contributed by atoms with Gasteiger partial charge in [-0.2, -0.15) is 0 Å². The molecular weight excluding hydrogens is 232 g/mol. The third-order valence-electron chi connectivity index (χ3n) is 3.06. The van der Waals surface area contributed by atoms with Crippen LogP contribution in [-0.4, -0.2) is 30.7 Å². The number of rotatable bonds is 3. The highest BCUT2D eigenvalue weighted by Gasteiger charge is 2.23. The smallest absolute Gasteiger partial charge is 0.226 e. The number of amides is 1. The SMILES string of the molecule is CCC(=O)N1CCOc2ccc(C(O)CN)cc21. The second-order valence-electron chi connectivity index (χ2n) is 4.23. The number of fused-ring (bicyclic) bond motifs is 1. The van der Waals surface area contributed by atoms with E-state index in [0.717, 1.165) is 5.69 Å². The molecule has 2 rings (SSSR count). The van der Waals surface area contributed by atoms with Crippen molar-refractivity contribution in [3.05, 3.63) is 23.8 Å². The number of nitrogens with zero attached hydrogens (tertiary/aromatic N) is 1. The van der Waals surface area contributed by atoms with Gasteiger partial charge < -0.3 is 20.5 Å². The molecule has 0 aromatic heterocycles.